The molecule has 4 aromatic rings. The van der Waals surface area contributed by atoms with E-state index in [0.717, 1.165) is 35.3 Å². The van der Waals surface area contributed by atoms with Gasteiger partial charge in [-0.2, -0.15) is 0 Å². The van der Waals surface area contributed by atoms with Crippen molar-refractivity contribution in [1.29, 1.82) is 0 Å². The van der Waals surface area contributed by atoms with Crippen LogP contribution in [0.2, 0.25) is 0 Å². The molecule has 1 amide bonds. The van der Waals surface area contributed by atoms with E-state index in [9.17, 15) is 14.7 Å². The standard InChI is InChI=1S/C28H28N4O6S2/c1-17(39-26-28(35)38-30-32(26)19-9-11-20(36-2)12-10-19)24(33)29-25-23(27(34)37-3)21-13-14-31(16-22(21)40-25)15-18-7-5-4-6-8-18/h4-12,17H,13-16H2,1-3H3,(H-,29,30,33,34,35). The van der Waals surface area contributed by atoms with Crippen molar-refractivity contribution in [2.75, 3.05) is 26.1 Å². The molecule has 0 fully saturated rings. The first-order valence-electron chi connectivity index (χ1n) is 12.6. The van der Waals surface area contributed by atoms with E-state index in [0.29, 0.717) is 35.0 Å². The van der Waals surface area contributed by atoms with E-state index in [4.69, 9.17) is 14.0 Å². The molecule has 1 atom stereocenters. The highest BCUT2D eigenvalue weighted by Gasteiger charge is 2.32. The molecule has 5 rings (SSSR count). The summed E-state index contributed by atoms with van der Waals surface area (Å²) in [5, 5.41) is 19.1. The summed E-state index contributed by atoms with van der Waals surface area (Å²) < 4.78 is 16.5. The summed E-state index contributed by atoms with van der Waals surface area (Å²) in [4.78, 5) is 29.4. The number of nitrogens with one attached hydrogen (secondary N) is 1. The minimum absolute atomic E-state index is 0.156. The van der Waals surface area contributed by atoms with Gasteiger partial charge in [-0.15, -0.1) is 11.3 Å². The Morgan fingerprint density at radius 3 is 2.65 bits per heavy atom. The number of ether oxygens (including phenoxy) is 2. The average Bonchev–Trinajstić information content (AvgIpc) is 3.52. The van der Waals surface area contributed by atoms with E-state index < -0.39 is 17.2 Å². The lowest BCUT2D eigenvalue weighted by molar-refractivity contribution is -0.705. The van der Waals surface area contributed by atoms with Gasteiger partial charge in [-0.25, -0.2) is 4.79 Å². The molecular formula is C28H28N4O6S2. The number of hydrogen-bond donors (Lipinski definition) is 1. The summed E-state index contributed by atoms with van der Waals surface area (Å²) in [5.41, 5.74) is 3.11. The van der Waals surface area contributed by atoms with Crippen molar-refractivity contribution in [2.24, 2.45) is 0 Å². The van der Waals surface area contributed by atoms with Crippen LogP contribution >= 0.6 is 23.1 Å². The quantitative estimate of drug-likeness (QED) is 0.180. The first-order chi connectivity index (χ1) is 19.4. The number of hydrogen-bond acceptors (Lipinski definition) is 10. The molecule has 208 valence electrons. The maximum Gasteiger partial charge on any atom is 0.341 e. The maximum atomic E-state index is 13.3. The van der Waals surface area contributed by atoms with E-state index in [2.05, 4.69) is 27.6 Å². The Bertz CT molecular complexity index is 1500. The number of esters is 1. The van der Waals surface area contributed by atoms with E-state index in [1.54, 1.807) is 38.3 Å². The van der Waals surface area contributed by atoms with Crippen LogP contribution in [0.4, 0.5) is 5.00 Å². The molecule has 1 unspecified atom stereocenters. The Morgan fingerprint density at radius 1 is 1.20 bits per heavy atom. The molecule has 3 heterocycles. The van der Waals surface area contributed by atoms with Crippen molar-refractivity contribution >= 4 is 40.0 Å². The molecule has 0 spiro atoms. The van der Waals surface area contributed by atoms with Crippen molar-refractivity contribution < 1.29 is 33.4 Å². The van der Waals surface area contributed by atoms with Gasteiger partial charge in [0.05, 0.1) is 30.3 Å². The topological polar surface area (TPSA) is 121 Å². The van der Waals surface area contributed by atoms with Crippen LogP contribution in [0.1, 0.15) is 33.3 Å². The number of anilines is 1. The monoisotopic (exact) mass is 580 g/mol. The molecule has 40 heavy (non-hydrogen) atoms. The van der Waals surface area contributed by atoms with E-state index in [1.807, 2.05) is 18.2 Å². The summed E-state index contributed by atoms with van der Waals surface area (Å²) in [7, 11) is 2.90. The highest BCUT2D eigenvalue weighted by atomic mass is 32.2. The predicted octanol–water partition coefficient (Wildman–Crippen LogP) is 3.56. The van der Waals surface area contributed by atoms with Crippen LogP contribution in [0.5, 0.6) is 11.7 Å². The Balaban J connectivity index is 1.33. The molecule has 1 aliphatic rings. The number of nitrogens with zero attached hydrogens (tertiary/aromatic N) is 3. The fourth-order valence-corrected chi connectivity index (χ4v) is 6.65. The molecule has 10 nitrogen and oxygen atoms in total. The summed E-state index contributed by atoms with van der Waals surface area (Å²) in [5.74, 6) is -0.846. The lowest BCUT2D eigenvalue weighted by Crippen LogP contribution is -2.36. The number of rotatable bonds is 9. The third-order valence-corrected chi connectivity index (χ3v) is 8.82. The third kappa shape index (κ3) is 5.83. The van der Waals surface area contributed by atoms with Crippen LogP contribution in [-0.4, -0.2) is 48.1 Å². The van der Waals surface area contributed by atoms with E-state index >= 15 is 0 Å². The van der Waals surface area contributed by atoms with Crippen molar-refractivity contribution in [2.45, 2.75) is 36.7 Å². The number of thiophene rings is 1. The fourth-order valence-electron chi connectivity index (χ4n) is 4.50. The Labute approximate surface area is 239 Å². The van der Waals surface area contributed by atoms with Crippen molar-refractivity contribution in [3.05, 3.63) is 76.2 Å². The number of aromatic nitrogens is 2. The van der Waals surface area contributed by atoms with E-state index in [-0.39, 0.29) is 10.9 Å². The van der Waals surface area contributed by atoms with Crippen LogP contribution in [0.3, 0.4) is 0 Å². The van der Waals surface area contributed by atoms with Gasteiger partial charge in [0.1, 0.15) is 10.8 Å². The number of carbonyl (C=O) groups excluding carboxylic acids is 2. The Kier molecular flexibility index (Phi) is 8.38. The summed E-state index contributed by atoms with van der Waals surface area (Å²) in [6.07, 6.45) is 0.672. The molecule has 0 saturated heterocycles. The second kappa shape index (κ2) is 12.1. The number of fused-ring (bicyclic) bond motifs is 1. The zero-order valence-electron chi connectivity index (χ0n) is 22.2. The summed E-state index contributed by atoms with van der Waals surface area (Å²) in [6.45, 7) is 3.93. The van der Waals surface area contributed by atoms with Gasteiger partial charge in [0.25, 0.3) is 5.03 Å². The van der Waals surface area contributed by atoms with Crippen molar-refractivity contribution in [1.82, 2.24) is 10.2 Å². The highest BCUT2D eigenvalue weighted by molar-refractivity contribution is 8.00. The zero-order valence-corrected chi connectivity index (χ0v) is 23.8. The van der Waals surface area contributed by atoms with Gasteiger partial charge in [0.15, 0.2) is 5.95 Å². The molecule has 2 aromatic heterocycles. The molecule has 0 saturated carbocycles. The zero-order chi connectivity index (χ0) is 28.2. The van der Waals surface area contributed by atoms with Gasteiger partial charge in [-0.05, 0) is 53.0 Å². The first kappa shape index (κ1) is 27.7. The predicted molar refractivity (Wildman–Crippen MR) is 148 cm³/mol. The minimum atomic E-state index is -0.698. The lowest BCUT2D eigenvalue weighted by atomic mass is 10.0. The van der Waals surface area contributed by atoms with Gasteiger partial charge in [0, 0.05) is 36.6 Å². The van der Waals surface area contributed by atoms with Gasteiger partial charge >= 0.3 is 5.97 Å². The molecule has 1 aliphatic heterocycles. The molecule has 0 aliphatic carbocycles. The van der Waals surface area contributed by atoms with Crippen LogP contribution in [-0.2, 0) is 29.0 Å². The normalized spacial score (nSPS) is 13.9. The third-order valence-electron chi connectivity index (χ3n) is 6.56. The van der Waals surface area contributed by atoms with Crippen LogP contribution in [0.25, 0.3) is 5.69 Å². The van der Waals surface area contributed by atoms with Crippen LogP contribution in [0, 0.1) is 0 Å². The van der Waals surface area contributed by atoms with Gasteiger partial charge in [-0.1, -0.05) is 30.3 Å². The Hall–Kier alpha value is -3.87. The summed E-state index contributed by atoms with van der Waals surface area (Å²) >= 11 is 2.41. The molecule has 2 aromatic carbocycles. The lowest BCUT2D eigenvalue weighted by Gasteiger charge is -2.27. The van der Waals surface area contributed by atoms with Crippen LogP contribution in [0.15, 0.2) is 64.1 Å². The number of amides is 1. The Morgan fingerprint density at radius 2 is 1.95 bits per heavy atom. The SMILES string of the molecule is COC(=O)c1c(NC(=O)C(C)Sc2c([O-])on[n+]2-c2ccc(OC)cc2)sc2c1CCN(Cc1ccccc1)C2. The van der Waals surface area contributed by atoms with Crippen LogP contribution < -0.4 is 19.8 Å². The van der Waals surface area contributed by atoms with E-state index in [1.165, 1.54) is 28.7 Å². The van der Waals surface area contributed by atoms with Gasteiger partial charge in [-0.3, -0.25) is 9.69 Å². The molecule has 0 bridgehead atoms. The smallest absolute Gasteiger partial charge is 0.341 e. The molecular weight excluding hydrogens is 552 g/mol. The van der Waals surface area contributed by atoms with Crippen molar-refractivity contribution in [3.63, 3.8) is 0 Å². The number of carbonyl (C=O) groups is 2. The highest BCUT2D eigenvalue weighted by Crippen LogP contribution is 2.38. The molecule has 1 N–H and O–H groups in total. The minimum Gasteiger partial charge on any atom is -0.538 e. The second-order valence-corrected chi connectivity index (χ2v) is 11.6. The first-order valence-corrected chi connectivity index (χ1v) is 14.3. The number of thioether (sulfide) groups is 1. The maximum absolute atomic E-state index is 13.3. The number of methoxy groups -OCH3 is 2. The van der Waals surface area contributed by atoms with Gasteiger partial charge in [0.2, 0.25) is 11.6 Å². The molecule has 12 heteroatoms. The van der Waals surface area contributed by atoms with Crippen molar-refractivity contribution in [3.8, 4) is 17.4 Å². The second-order valence-electron chi connectivity index (χ2n) is 9.17. The average molecular weight is 581 g/mol. The molecule has 0 radical (unpaired) electrons. The summed E-state index contributed by atoms with van der Waals surface area (Å²) in [6, 6.07) is 17.2. The van der Waals surface area contributed by atoms with Gasteiger partial charge < -0.3 is 24.4 Å². The largest absolute Gasteiger partial charge is 0.538 e. The fraction of sp³-hybridized carbons (Fsp3) is 0.286. The number of benzene rings is 2.